The number of carbonyl (C=O) groups is 1. The second kappa shape index (κ2) is 8.56. The van der Waals surface area contributed by atoms with Crippen molar-refractivity contribution in [3.63, 3.8) is 0 Å². The van der Waals surface area contributed by atoms with Crippen molar-refractivity contribution in [3.05, 3.63) is 69.3 Å². The van der Waals surface area contributed by atoms with Crippen LogP contribution < -0.4 is 14.8 Å². The molecule has 0 saturated heterocycles. The van der Waals surface area contributed by atoms with Gasteiger partial charge in [-0.3, -0.25) is 14.9 Å². The quantitative estimate of drug-likeness (QED) is 0.448. The van der Waals surface area contributed by atoms with Crippen molar-refractivity contribution in [2.45, 2.75) is 32.9 Å². The molecule has 2 aromatic rings. The predicted octanol–water partition coefficient (Wildman–Crippen LogP) is 3.65. The number of carbonyl (C=O) groups excluding carboxylic acids is 1. The zero-order valence-electron chi connectivity index (χ0n) is 15.8. The topological polar surface area (TPSA) is 90.7 Å². The van der Waals surface area contributed by atoms with E-state index < -0.39 is 4.92 Å². The van der Waals surface area contributed by atoms with Crippen molar-refractivity contribution in [1.29, 1.82) is 0 Å². The highest BCUT2D eigenvalue weighted by molar-refractivity contribution is 5.91. The molecule has 1 atom stereocenters. The van der Waals surface area contributed by atoms with E-state index in [9.17, 15) is 14.9 Å². The molecule has 0 aliphatic carbocycles. The van der Waals surface area contributed by atoms with Gasteiger partial charge in [0.15, 0.2) is 0 Å². The molecule has 2 aromatic carbocycles. The number of rotatable bonds is 7. The van der Waals surface area contributed by atoms with Crippen LogP contribution in [0.25, 0.3) is 6.08 Å². The van der Waals surface area contributed by atoms with E-state index in [1.807, 2.05) is 26.0 Å². The third kappa shape index (κ3) is 4.68. The number of nitrogens with one attached hydrogen (secondary N) is 1. The second-order valence-electron chi connectivity index (χ2n) is 6.54. The average Bonchev–Trinajstić information content (AvgIpc) is 3.03. The fourth-order valence-electron chi connectivity index (χ4n) is 3.06. The minimum atomic E-state index is -0.469. The summed E-state index contributed by atoms with van der Waals surface area (Å²) in [6.45, 7) is 4.75. The number of fused-ring (bicyclic) bond motifs is 1. The van der Waals surface area contributed by atoms with E-state index in [2.05, 4.69) is 5.32 Å². The molecule has 0 radical (unpaired) electrons. The van der Waals surface area contributed by atoms with Crippen LogP contribution in [0.2, 0.25) is 0 Å². The molecule has 146 valence electrons. The van der Waals surface area contributed by atoms with Gasteiger partial charge in [0.25, 0.3) is 5.69 Å². The second-order valence-corrected chi connectivity index (χ2v) is 6.54. The molecular weight excluding hydrogens is 360 g/mol. The Bertz CT molecular complexity index is 923. The van der Waals surface area contributed by atoms with E-state index in [0.29, 0.717) is 18.7 Å². The van der Waals surface area contributed by atoms with Crippen LogP contribution in [-0.4, -0.2) is 23.5 Å². The van der Waals surface area contributed by atoms with E-state index in [-0.39, 0.29) is 17.7 Å². The maximum Gasteiger partial charge on any atom is 0.270 e. The summed E-state index contributed by atoms with van der Waals surface area (Å²) in [5, 5.41) is 13.6. The van der Waals surface area contributed by atoms with Crippen molar-refractivity contribution >= 4 is 17.7 Å². The molecule has 3 rings (SSSR count). The van der Waals surface area contributed by atoms with Crippen LogP contribution in [0.5, 0.6) is 11.5 Å². The third-order valence-corrected chi connectivity index (χ3v) is 4.34. The van der Waals surface area contributed by atoms with Crippen molar-refractivity contribution in [2.75, 3.05) is 6.61 Å². The number of amides is 1. The van der Waals surface area contributed by atoms with Crippen LogP contribution in [0, 0.1) is 10.1 Å². The summed E-state index contributed by atoms with van der Waals surface area (Å²) in [5.41, 5.74) is 2.51. The van der Waals surface area contributed by atoms with Crippen molar-refractivity contribution in [1.82, 2.24) is 5.32 Å². The summed E-state index contributed by atoms with van der Waals surface area (Å²) >= 11 is 0. The number of hydrogen-bond donors (Lipinski definition) is 1. The summed E-state index contributed by atoms with van der Waals surface area (Å²) in [4.78, 5) is 22.5. The SMILES string of the molecule is CCOc1cc2c(cc1CNC(=O)/C=C/c1cccc([N+](=O)[O-])c1)O[C@H](C)C2. The van der Waals surface area contributed by atoms with Crippen molar-refractivity contribution in [2.24, 2.45) is 0 Å². The van der Waals surface area contributed by atoms with Crippen LogP contribution in [-0.2, 0) is 17.8 Å². The van der Waals surface area contributed by atoms with Crippen LogP contribution in [0.15, 0.2) is 42.5 Å². The van der Waals surface area contributed by atoms with Crippen LogP contribution in [0.4, 0.5) is 5.69 Å². The molecule has 0 unspecified atom stereocenters. The molecule has 1 heterocycles. The number of hydrogen-bond acceptors (Lipinski definition) is 5. The van der Waals surface area contributed by atoms with Gasteiger partial charge in [0, 0.05) is 42.3 Å². The molecule has 0 bridgehead atoms. The number of benzene rings is 2. The van der Waals surface area contributed by atoms with Gasteiger partial charge in [0.2, 0.25) is 5.91 Å². The Morgan fingerprint density at radius 2 is 2.21 bits per heavy atom. The Kier molecular flexibility index (Phi) is 5.93. The van der Waals surface area contributed by atoms with Gasteiger partial charge in [-0.25, -0.2) is 0 Å². The zero-order valence-corrected chi connectivity index (χ0v) is 15.8. The van der Waals surface area contributed by atoms with Gasteiger partial charge in [-0.15, -0.1) is 0 Å². The summed E-state index contributed by atoms with van der Waals surface area (Å²) in [6, 6.07) is 9.98. The van der Waals surface area contributed by atoms with Gasteiger partial charge in [-0.2, -0.15) is 0 Å². The standard InChI is InChI=1S/C21H22N2O5/c1-3-27-19-11-16-9-14(2)28-20(16)12-17(19)13-22-21(24)8-7-15-5-4-6-18(10-15)23(25)26/h4-8,10-12,14H,3,9,13H2,1-2H3,(H,22,24)/b8-7+/t14-/m1/s1. The first-order valence-corrected chi connectivity index (χ1v) is 9.12. The molecule has 0 fully saturated rings. The molecule has 1 aliphatic rings. The maximum absolute atomic E-state index is 12.2. The molecule has 0 aromatic heterocycles. The minimum Gasteiger partial charge on any atom is -0.494 e. The monoisotopic (exact) mass is 382 g/mol. The molecule has 1 N–H and O–H groups in total. The smallest absolute Gasteiger partial charge is 0.270 e. The molecule has 7 nitrogen and oxygen atoms in total. The van der Waals surface area contributed by atoms with Crippen LogP contribution in [0.3, 0.4) is 0 Å². The normalized spacial score (nSPS) is 15.1. The summed E-state index contributed by atoms with van der Waals surface area (Å²) in [7, 11) is 0. The molecule has 1 aliphatic heterocycles. The minimum absolute atomic E-state index is 0.0173. The highest BCUT2D eigenvalue weighted by Crippen LogP contribution is 2.35. The van der Waals surface area contributed by atoms with E-state index in [1.165, 1.54) is 18.2 Å². The van der Waals surface area contributed by atoms with Crippen LogP contribution in [0.1, 0.15) is 30.5 Å². The number of nitro benzene ring substituents is 1. The lowest BCUT2D eigenvalue weighted by molar-refractivity contribution is -0.384. The molecule has 1 amide bonds. The predicted molar refractivity (Wildman–Crippen MR) is 105 cm³/mol. The zero-order chi connectivity index (χ0) is 20.1. The molecular formula is C21H22N2O5. The fourth-order valence-corrected chi connectivity index (χ4v) is 3.06. The highest BCUT2D eigenvalue weighted by Gasteiger charge is 2.21. The lowest BCUT2D eigenvalue weighted by atomic mass is 10.1. The lowest BCUT2D eigenvalue weighted by Crippen LogP contribution is -2.20. The van der Waals surface area contributed by atoms with Crippen molar-refractivity contribution < 1.29 is 19.2 Å². The Morgan fingerprint density at radius 1 is 1.39 bits per heavy atom. The lowest BCUT2D eigenvalue weighted by Gasteiger charge is -2.13. The van der Waals surface area contributed by atoms with Gasteiger partial charge >= 0.3 is 0 Å². The van der Waals surface area contributed by atoms with Gasteiger partial charge in [0.1, 0.15) is 17.6 Å². The molecule has 0 spiro atoms. The van der Waals surface area contributed by atoms with Gasteiger partial charge in [-0.05, 0) is 37.6 Å². The van der Waals surface area contributed by atoms with E-state index in [4.69, 9.17) is 9.47 Å². The third-order valence-electron chi connectivity index (χ3n) is 4.34. The number of nitrogens with zero attached hydrogens (tertiary/aromatic N) is 1. The van der Waals surface area contributed by atoms with Gasteiger partial charge in [0.05, 0.1) is 11.5 Å². The largest absolute Gasteiger partial charge is 0.494 e. The van der Waals surface area contributed by atoms with Crippen LogP contribution >= 0.6 is 0 Å². The van der Waals surface area contributed by atoms with E-state index >= 15 is 0 Å². The number of ether oxygens (including phenoxy) is 2. The first kappa shape index (κ1) is 19.4. The molecule has 0 saturated carbocycles. The Labute approximate surface area is 163 Å². The van der Waals surface area contributed by atoms with E-state index in [1.54, 1.807) is 18.2 Å². The van der Waals surface area contributed by atoms with E-state index in [0.717, 1.165) is 29.0 Å². The van der Waals surface area contributed by atoms with Crippen molar-refractivity contribution in [3.8, 4) is 11.5 Å². The summed E-state index contributed by atoms with van der Waals surface area (Å²) in [6.07, 6.45) is 3.87. The first-order valence-electron chi connectivity index (χ1n) is 9.12. The summed E-state index contributed by atoms with van der Waals surface area (Å²) in [5.74, 6) is 1.26. The van der Waals surface area contributed by atoms with Gasteiger partial charge < -0.3 is 14.8 Å². The molecule has 7 heteroatoms. The maximum atomic E-state index is 12.2. The number of nitro groups is 1. The Hall–Kier alpha value is -3.35. The number of non-ortho nitro benzene ring substituents is 1. The molecule has 28 heavy (non-hydrogen) atoms. The fraction of sp³-hybridized carbons (Fsp3) is 0.286. The Morgan fingerprint density at radius 3 is 2.96 bits per heavy atom. The average molecular weight is 382 g/mol. The highest BCUT2D eigenvalue weighted by atomic mass is 16.6. The van der Waals surface area contributed by atoms with Gasteiger partial charge in [-0.1, -0.05) is 12.1 Å². The first-order chi connectivity index (χ1) is 13.5. The Balaban J connectivity index is 1.66. The summed E-state index contributed by atoms with van der Waals surface area (Å²) < 4.78 is 11.5.